The zero-order valence-corrected chi connectivity index (χ0v) is 20.2. The normalized spacial score (nSPS) is 32.1. The fourth-order valence-electron chi connectivity index (χ4n) is 4.40. The molecule has 2 rings (SSSR count). The molecule has 0 N–H and O–H groups in total. The van der Waals surface area contributed by atoms with Crippen LogP contribution in [0.15, 0.2) is 36.4 Å². The molecule has 8 heteroatoms. The number of non-ortho nitro benzene ring substituents is 1. The maximum Gasteiger partial charge on any atom is 0.338 e. The molecule has 8 nitrogen and oxygen atoms in total. The second kappa shape index (κ2) is 11.9. The molecule has 1 heterocycles. The summed E-state index contributed by atoms with van der Waals surface area (Å²) < 4.78 is 17.3. The van der Waals surface area contributed by atoms with Gasteiger partial charge in [0.05, 0.1) is 22.5 Å². The molecule has 1 aromatic rings. The van der Waals surface area contributed by atoms with Crippen LogP contribution in [-0.2, 0) is 19.0 Å². The number of carbonyl (C=O) groups is 2. The molecule has 0 saturated carbocycles. The third-order valence-electron chi connectivity index (χ3n) is 6.42. The van der Waals surface area contributed by atoms with Gasteiger partial charge in [0.25, 0.3) is 5.69 Å². The molecule has 0 radical (unpaired) electrons. The van der Waals surface area contributed by atoms with Crippen LogP contribution in [0.1, 0.15) is 57.8 Å². The molecule has 1 aromatic carbocycles. The summed E-state index contributed by atoms with van der Waals surface area (Å²) in [7, 11) is 1.59. The third kappa shape index (κ3) is 6.87. The SMILES string of the molecule is CC[C@@H]1OC(=O)[C@H](C)[C@@H](OC)[C@@H](C)C[C@@H](C)[C@@H](OC(=O)c2ccc([N+](=O)[O-])cc2)/C=C/[C@H]1C. The summed E-state index contributed by atoms with van der Waals surface area (Å²) in [6, 6.07) is 5.35. The number of hydrogen-bond acceptors (Lipinski definition) is 7. The Morgan fingerprint density at radius 3 is 2.30 bits per heavy atom. The molecule has 0 spiro atoms. The van der Waals surface area contributed by atoms with E-state index in [0.29, 0.717) is 12.8 Å². The third-order valence-corrected chi connectivity index (χ3v) is 6.42. The topological polar surface area (TPSA) is 105 Å². The van der Waals surface area contributed by atoms with Crippen molar-refractivity contribution in [2.75, 3.05) is 7.11 Å². The van der Waals surface area contributed by atoms with Crippen molar-refractivity contribution in [2.45, 2.75) is 65.8 Å². The molecule has 0 saturated heterocycles. The number of esters is 2. The standard InChI is InChI=1S/C25H35NO7/c1-7-21-15(2)8-13-22(33-25(28)19-9-11-20(12-10-19)26(29)30)16(3)14-17(4)23(31-6)18(5)24(27)32-21/h8-13,15-18,21-23H,7,14H2,1-6H3/b13-8+/t15-,16-,17+,18-,21+,22+,23+/m1/s1. The molecule has 7 atom stereocenters. The maximum absolute atomic E-state index is 12.8. The van der Waals surface area contributed by atoms with Crippen molar-refractivity contribution < 1.29 is 28.7 Å². The van der Waals surface area contributed by atoms with Gasteiger partial charge >= 0.3 is 11.9 Å². The molecule has 33 heavy (non-hydrogen) atoms. The number of methoxy groups -OCH3 is 1. The summed E-state index contributed by atoms with van der Waals surface area (Å²) in [6.07, 6.45) is 3.94. The summed E-state index contributed by atoms with van der Waals surface area (Å²) in [4.78, 5) is 35.9. The van der Waals surface area contributed by atoms with Crippen molar-refractivity contribution in [3.05, 3.63) is 52.1 Å². The van der Waals surface area contributed by atoms with Crippen LogP contribution >= 0.6 is 0 Å². The first-order valence-corrected chi connectivity index (χ1v) is 11.5. The fourth-order valence-corrected chi connectivity index (χ4v) is 4.40. The van der Waals surface area contributed by atoms with Gasteiger partial charge in [-0.15, -0.1) is 0 Å². The van der Waals surface area contributed by atoms with E-state index >= 15 is 0 Å². The van der Waals surface area contributed by atoms with E-state index in [1.54, 1.807) is 7.11 Å². The largest absolute Gasteiger partial charge is 0.461 e. The zero-order chi connectivity index (χ0) is 24.7. The summed E-state index contributed by atoms with van der Waals surface area (Å²) in [6.45, 7) is 9.76. The van der Waals surface area contributed by atoms with Gasteiger partial charge in [-0.05, 0) is 49.8 Å². The second-order valence-electron chi connectivity index (χ2n) is 8.98. The molecule has 0 bridgehead atoms. The molecule has 0 unspecified atom stereocenters. The highest BCUT2D eigenvalue weighted by Crippen LogP contribution is 2.29. The van der Waals surface area contributed by atoms with E-state index in [9.17, 15) is 19.7 Å². The number of cyclic esters (lactones) is 1. The summed E-state index contributed by atoms with van der Waals surface area (Å²) in [5.74, 6) is -1.35. The van der Waals surface area contributed by atoms with E-state index in [4.69, 9.17) is 14.2 Å². The van der Waals surface area contributed by atoms with Crippen molar-refractivity contribution in [1.29, 1.82) is 0 Å². The predicted octanol–water partition coefficient (Wildman–Crippen LogP) is 4.96. The van der Waals surface area contributed by atoms with E-state index in [-0.39, 0.29) is 47.2 Å². The number of rotatable bonds is 5. The minimum absolute atomic E-state index is 0.0125. The van der Waals surface area contributed by atoms with Gasteiger partial charge in [0.1, 0.15) is 12.2 Å². The van der Waals surface area contributed by atoms with Gasteiger partial charge in [0.15, 0.2) is 0 Å². The second-order valence-corrected chi connectivity index (χ2v) is 8.98. The van der Waals surface area contributed by atoms with Gasteiger partial charge in [0.2, 0.25) is 0 Å². The minimum atomic E-state index is -0.547. The Morgan fingerprint density at radius 1 is 1.12 bits per heavy atom. The van der Waals surface area contributed by atoms with Crippen LogP contribution in [-0.4, -0.2) is 42.3 Å². The van der Waals surface area contributed by atoms with E-state index in [1.807, 2.05) is 46.8 Å². The maximum atomic E-state index is 12.8. The number of nitro groups is 1. The lowest BCUT2D eigenvalue weighted by Gasteiger charge is -2.33. The lowest BCUT2D eigenvalue weighted by Crippen LogP contribution is -2.39. The molecule has 0 aliphatic carbocycles. The van der Waals surface area contributed by atoms with Crippen LogP contribution < -0.4 is 0 Å². The summed E-state index contributed by atoms with van der Waals surface area (Å²) in [5, 5.41) is 10.9. The Balaban J connectivity index is 2.31. The first-order valence-electron chi connectivity index (χ1n) is 11.5. The van der Waals surface area contributed by atoms with Crippen LogP contribution in [0.25, 0.3) is 0 Å². The summed E-state index contributed by atoms with van der Waals surface area (Å²) >= 11 is 0. The molecule has 1 aliphatic heterocycles. The Labute approximate surface area is 195 Å². The Kier molecular flexibility index (Phi) is 9.58. The highest BCUT2D eigenvalue weighted by atomic mass is 16.6. The van der Waals surface area contributed by atoms with Gasteiger partial charge in [-0.3, -0.25) is 14.9 Å². The Bertz CT molecular complexity index is 851. The van der Waals surface area contributed by atoms with Gasteiger partial charge in [-0.2, -0.15) is 0 Å². The van der Waals surface area contributed by atoms with Gasteiger partial charge in [0, 0.05) is 25.2 Å². The molecule has 0 amide bonds. The molecule has 0 fully saturated rings. The van der Waals surface area contributed by atoms with Crippen molar-refractivity contribution >= 4 is 17.6 Å². The fraction of sp³-hybridized carbons (Fsp3) is 0.600. The smallest absolute Gasteiger partial charge is 0.338 e. The highest BCUT2D eigenvalue weighted by molar-refractivity contribution is 5.89. The molecule has 1 aliphatic rings. The van der Waals surface area contributed by atoms with Crippen LogP contribution in [0.5, 0.6) is 0 Å². The lowest BCUT2D eigenvalue weighted by atomic mass is 9.84. The minimum Gasteiger partial charge on any atom is -0.461 e. The average molecular weight is 462 g/mol. The number of ether oxygens (including phenoxy) is 3. The monoisotopic (exact) mass is 461 g/mol. The van der Waals surface area contributed by atoms with Crippen molar-refractivity contribution in [3.8, 4) is 0 Å². The van der Waals surface area contributed by atoms with E-state index in [2.05, 4.69) is 0 Å². The molecule has 0 aromatic heterocycles. The van der Waals surface area contributed by atoms with Crippen LogP contribution in [0.4, 0.5) is 5.69 Å². The van der Waals surface area contributed by atoms with Crippen molar-refractivity contribution in [1.82, 2.24) is 0 Å². The van der Waals surface area contributed by atoms with E-state index in [1.165, 1.54) is 24.3 Å². The molecule has 182 valence electrons. The quantitative estimate of drug-likeness (QED) is 0.264. The predicted molar refractivity (Wildman–Crippen MR) is 124 cm³/mol. The molecular weight excluding hydrogens is 426 g/mol. The first-order chi connectivity index (χ1) is 15.6. The van der Waals surface area contributed by atoms with Crippen molar-refractivity contribution in [3.63, 3.8) is 0 Å². The lowest BCUT2D eigenvalue weighted by molar-refractivity contribution is -0.384. The van der Waals surface area contributed by atoms with Crippen LogP contribution in [0.2, 0.25) is 0 Å². The van der Waals surface area contributed by atoms with Crippen LogP contribution in [0, 0.1) is 33.8 Å². The highest BCUT2D eigenvalue weighted by Gasteiger charge is 2.34. The molecular formula is C25H35NO7. The first kappa shape index (κ1) is 26.5. The number of carbonyl (C=O) groups excluding carboxylic acids is 2. The number of benzene rings is 1. The van der Waals surface area contributed by atoms with Gasteiger partial charge in [-0.25, -0.2) is 4.79 Å². The average Bonchev–Trinajstić information content (AvgIpc) is 2.79. The number of nitrogens with zero attached hydrogens (tertiary/aromatic N) is 1. The van der Waals surface area contributed by atoms with E-state index < -0.39 is 22.9 Å². The Hall–Kier alpha value is -2.74. The Morgan fingerprint density at radius 2 is 1.76 bits per heavy atom. The van der Waals surface area contributed by atoms with Crippen LogP contribution in [0.3, 0.4) is 0 Å². The van der Waals surface area contributed by atoms with Gasteiger partial charge in [-0.1, -0.05) is 33.8 Å². The zero-order valence-electron chi connectivity index (χ0n) is 20.2. The van der Waals surface area contributed by atoms with Gasteiger partial charge < -0.3 is 14.2 Å². The van der Waals surface area contributed by atoms with E-state index in [0.717, 1.165) is 0 Å². The van der Waals surface area contributed by atoms with Crippen molar-refractivity contribution in [2.24, 2.45) is 23.7 Å². The summed E-state index contributed by atoms with van der Waals surface area (Å²) in [5.41, 5.74) is 0.158. The number of hydrogen-bond donors (Lipinski definition) is 0. The number of nitro benzene ring substituents is 1.